The van der Waals surface area contributed by atoms with Crippen LogP contribution >= 0.6 is 46.4 Å². The van der Waals surface area contributed by atoms with Gasteiger partial charge in [0.25, 0.3) is 0 Å². The van der Waals surface area contributed by atoms with Crippen LogP contribution in [-0.4, -0.2) is 30.0 Å². The molecule has 4 rings (SSSR count). The van der Waals surface area contributed by atoms with E-state index in [2.05, 4.69) is 20.4 Å². The first kappa shape index (κ1) is 22.0. The second kappa shape index (κ2) is 9.97. The lowest BCUT2D eigenvalue weighted by molar-refractivity contribution is -0.0392. The van der Waals surface area contributed by atoms with Crippen LogP contribution in [0.3, 0.4) is 0 Å². The summed E-state index contributed by atoms with van der Waals surface area (Å²) in [4.78, 5) is 3.09. The molecule has 0 radical (unpaired) electrons. The molecule has 31 heavy (non-hydrogen) atoms. The molecule has 0 aliphatic rings. The Morgan fingerprint density at radius 2 is 1.00 bits per heavy atom. The molecule has 0 aliphatic heterocycles. The highest BCUT2D eigenvalue weighted by molar-refractivity contribution is 6.42. The minimum atomic E-state index is -0.447. The Morgan fingerprint density at radius 3 is 1.35 bits per heavy atom. The summed E-state index contributed by atoms with van der Waals surface area (Å²) in [5, 5.41) is 18.6. The predicted octanol–water partition coefficient (Wildman–Crippen LogP) is 5.68. The first-order valence-electron chi connectivity index (χ1n) is 9.23. The lowest BCUT2D eigenvalue weighted by Crippen LogP contribution is -2.21. The average Bonchev–Trinajstić information content (AvgIpc) is 3.45. The highest BCUT2D eigenvalue weighted by atomic mass is 35.5. The Morgan fingerprint density at radius 1 is 0.613 bits per heavy atom. The van der Waals surface area contributed by atoms with Crippen LogP contribution in [0.1, 0.15) is 23.3 Å². The van der Waals surface area contributed by atoms with Gasteiger partial charge in [0.15, 0.2) is 0 Å². The molecule has 2 aromatic carbocycles. The van der Waals surface area contributed by atoms with Crippen LogP contribution in [0, 0.1) is 0 Å². The lowest BCUT2D eigenvalue weighted by atomic mass is 10.1. The number of hydrogen-bond donors (Lipinski definition) is 0. The summed E-state index contributed by atoms with van der Waals surface area (Å²) in [6.07, 6.45) is 5.53. The van der Waals surface area contributed by atoms with Crippen LogP contribution < -0.4 is 0 Å². The van der Waals surface area contributed by atoms with Gasteiger partial charge in [0.2, 0.25) is 0 Å². The maximum absolute atomic E-state index is 6.55. The van der Waals surface area contributed by atoms with E-state index in [1.54, 1.807) is 58.6 Å². The summed E-state index contributed by atoms with van der Waals surface area (Å²) < 4.78 is 6.55. The number of nitrogens with zero attached hydrogens (tertiary/aromatic N) is 6. The van der Waals surface area contributed by atoms with Crippen molar-refractivity contribution in [1.82, 2.24) is 30.0 Å². The summed E-state index contributed by atoms with van der Waals surface area (Å²) in [5.74, 6) is 0. The van der Waals surface area contributed by atoms with Gasteiger partial charge in [-0.05, 0) is 35.4 Å². The van der Waals surface area contributed by atoms with Gasteiger partial charge in [-0.3, -0.25) is 0 Å². The maximum Gasteiger partial charge on any atom is 0.105 e. The molecule has 2 aromatic heterocycles. The predicted molar refractivity (Wildman–Crippen MR) is 120 cm³/mol. The van der Waals surface area contributed by atoms with Crippen LogP contribution in [0.5, 0.6) is 0 Å². The summed E-state index contributed by atoms with van der Waals surface area (Å²) in [6, 6.07) is 10.7. The van der Waals surface area contributed by atoms with Crippen molar-refractivity contribution in [2.45, 2.75) is 25.3 Å². The summed E-state index contributed by atoms with van der Waals surface area (Å²) in [7, 11) is 0. The van der Waals surface area contributed by atoms with E-state index in [1.165, 1.54) is 0 Å². The van der Waals surface area contributed by atoms with E-state index >= 15 is 0 Å². The molecule has 2 unspecified atom stereocenters. The smallest absolute Gasteiger partial charge is 0.105 e. The molecular formula is C20H16Cl4N6O. The average molecular weight is 498 g/mol. The molecule has 160 valence electrons. The fourth-order valence-electron chi connectivity index (χ4n) is 3.05. The van der Waals surface area contributed by atoms with Crippen LogP contribution in [0.25, 0.3) is 0 Å². The number of aromatic nitrogens is 6. The molecule has 0 fully saturated rings. The maximum atomic E-state index is 6.55. The van der Waals surface area contributed by atoms with E-state index in [-0.39, 0.29) is 0 Å². The van der Waals surface area contributed by atoms with Crippen LogP contribution in [0.15, 0.2) is 61.2 Å². The van der Waals surface area contributed by atoms with E-state index < -0.39 is 12.2 Å². The number of ether oxygens (including phenoxy) is 1. The zero-order valence-electron chi connectivity index (χ0n) is 15.9. The molecule has 2 heterocycles. The normalized spacial score (nSPS) is 13.3. The van der Waals surface area contributed by atoms with Crippen LogP contribution in [-0.2, 0) is 17.8 Å². The quantitative estimate of drug-likeness (QED) is 0.313. The molecule has 0 aliphatic carbocycles. The largest absolute Gasteiger partial charge is 0.362 e. The van der Waals surface area contributed by atoms with E-state index in [1.807, 2.05) is 12.1 Å². The molecular weight excluding hydrogens is 482 g/mol. The Hall–Kier alpha value is -2.16. The number of halogens is 4. The van der Waals surface area contributed by atoms with E-state index in [4.69, 9.17) is 51.1 Å². The third-order valence-corrected chi connectivity index (χ3v) is 6.03. The molecule has 11 heteroatoms. The van der Waals surface area contributed by atoms with Crippen molar-refractivity contribution in [1.29, 1.82) is 0 Å². The number of benzene rings is 2. The Labute approximate surface area is 198 Å². The minimum Gasteiger partial charge on any atom is -0.362 e. The molecule has 0 bridgehead atoms. The zero-order valence-corrected chi connectivity index (χ0v) is 19.0. The fourth-order valence-corrected chi connectivity index (χ4v) is 3.66. The van der Waals surface area contributed by atoms with Crippen molar-refractivity contribution in [2.24, 2.45) is 0 Å². The summed E-state index contributed by atoms with van der Waals surface area (Å²) in [6.45, 7) is 0.713. The van der Waals surface area contributed by atoms with Gasteiger partial charge in [0.05, 0.1) is 58.0 Å². The highest BCUT2D eigenvalue weighted by Gasteiger charge is 2.24. The van der Waals surface area contributed by atoms with Gasteiger partial charge in [-0.25, -0.2) is 0 Å². The first-order valence-corrected chi connectivity index (χ1v) is 10.7. The van der Waals surface area contributed by atoms with Crippen LogP contribution in [0.4, 0.5) is 0 Å². The van der Waals surface area contributed by atoms with Gasteiger partial charge < -0.3 is 4.74 Å². The van der Waals surface area contributed by atoms with Gasteiger partial charge in [-0.15, -0.1) is 0 Å². The van der Waals surface area contributed by atoms with E-state index in [0.717, 1.165) is 11.1 Å². The van der Waals surface area contributed by atoms with Crippen molar-refractivity contribution in [3.63, 3.8) is 0 Å². The number of hydrogen-bond acceptors (Lipinski definition) is 5. The summed E-state index contributed by atoms with van der Waals surface area (Å²) in [5.41, 5.74) is 1.65. The molecule has 7 nitrogen and oxygen atoms in total. The third kappa shape index (κ3) is 5.56. The van der Waals surface area contributed by atoms with E-state index in [9.17, 15) is 0 Å². The van der Waals surface area contributed by atoms with Crippen molar-refractivity contribution in [3.05, 3.63) is 92.4 Å². The molecule has 0 saturated heterocycles. The lowest BCUT2D eigenvalue weighted by Gasteiger charge is -2.26. The Balaban J connectivity index is 1.69. The molecule has 0 amide bonds. The summed E-state index contributed by atoms with van der Waals surface area (Å²) >= 11 is 24.7. The van der Waals surface area contributed by atoms with Gasteiger partial charge in [0, 0.05) is 0 Å². The second-order valence-electron chi connectivity index (χ2n) is 6.63. The Kier molecular flexibility index (Phi) is 7.09. The van der Waals surface area contributed by atoms with Gasteiger partial charge in [-0.1, -0.05) is 58.5 Å². The van der Waals surface area contributed by atoms with Gasteiger partial charge >= 0.3 is 0 Å². The van der Waals surface area contributed by atoms with Crippen molar-refractivity contribution < 1.29 is 4.74 Å². The zero-order chi connectivity index (χ0) is 21.8. The molecule has 0 saturated carbocycles. The molecule has 2 atom stereocenters. The number of rotatable bonds is 8. The molecule has 4 aromatic rings. The molecule has 0 N–H and O–H groups in total. The first-order chi connectivity index (χ1) is 15.0. The fraction of sp³-hybridized carbons (Fsp3) is 0.200. The minimum absolute atomic E-state index is 0.356. The van der Waals surface area contributed by atoms with Crippen molar-refractivity contribution in [2.75, 3.05) is 0 Å². The second-order valence-corrected chi connectivity index (χ2v) is 8.26. The standard InChI is InChI=1S/C20H16Cl4N6O/c21-15-3-1-13(9-17(15)23)19(11-29-25-5-6-26-29)31-20(12-30-27-7-8-28-30)14-2-4-16(22)18(24)10-14/h1-10,19-20H,11-12H2. The highest BCUT2D eigenvalue weighted by Crippen LogP contribution is 2.34. The van der Waals surface area contributed by atoms with Crippen molar-refractivity contribution >= 4 is 46.4 Å². The molecule has 0 spiro atoms. The SMILES string of the molecule is Clc1ccc(C(Cn2nccn2)OC(Cn2nccn2)c2ccc(Cl)c(Cl)c2)cc1Cl. The third-order valence-electron chi connectivity index (χ3n) is 4.55. The Bertz CT molecular complexity index is 1050. The monoisotopic (exact) mass is 496 g/mol. The van der Waals surface area contributed by atoms with Gasteiger partial charge in [-0.2, -0.15) is 30.0 Å². The van der Waals surface area contributed by atoms with Crippen LogP contribution in [0.2, 0.25) is 20.1 Å². The van der Waals surface area contributed by atoms with Gasteiger partial charge in [0.1, 0.15) is 12.2 Å². The van der Waals surface area contributed by atoms with Crippen molar-refractivity contribution in [3.8, 4) is 0 Å². The topological polar surface area (TPSA) is 70.7 Å². The van der Waals surface area contributed by atoms with E-state index in [0.29, 0.717) is 33.2 Å².